The third-order valence-corrected chi connectivity index (χ3v) is 2.36. The van der Waals surface area contributed by atoms with Crippen LogP contribution in [-0.2, 0) is 0 Å². The Morgan fingerprint density at radius 1 is 1.27 bits per heavy atom. The van der Waals surface area contributed by atoms with Crippen molar-refractivity contribution in [2.45, 2.75) is 25.9 Å². The quantitative estimate of drug-likeness (QED) is 0.811. The van der Waals surface area contributed by atoms with Gasteiger partial charge in [-0.15, -0.1) is 0 Å². The lowest BCUT2D eigenvalue weighted by Gasteiger charge is -2.15. The van der Waals surface area contributed by atoms with Crippen LogP contribution in [0.2, 0.25) is 0 Å². The third kappa shape index (κ3) is 2.86. The highest BCUT2D eigenvalue weighted by Crippen LogP contribution is 2.31. The molecule has 0 fully saturated rings. The molecule has 1 aromatic carbocycles. The highest BCUT2D eigenvalue weighted by molar-refractivity contribution is 5.41. The molecular formula is C12H18O3. The number of hydrogen-bond acceptors (Lipinski definition) is 3. The van der Waals surface area contributed by atoms with E-state index in [0.717, 1.165) is 24.2 Å². The van der Waals surface area contributed by atoms with Crippen LogP contribution in [-0.4, -0.2) is 19.3 Å². The summed E-state index contributed by atoms with van der Waals surface area (Å²) < 4.78 is 10.3. The predicted molar refractivity (Wildman–Crippen MR) is 59.4 cm³/mol. The minimum atomic E-state index is -0.486. The summed E-state index contributed by atoms with van der Waals surface area (Å²) in [5.41, 5.74) is 0.790. The number of rotatable bonds is 5. The van der Waals surface area contributed by atoms with E-state index in [1.54, 1.807) is 14.2 Å². The average molecular weight is 210 g/mol. The number of methoxy groups -OCH3 is 2. The van der Waals surface area contributed by atoms with Gasteiger partial charge in [-0.25, -0.2) is 0 Å². The molecule has 0 aromatic heterocycles. The molecular weight excluding hydrogens is 192 g/mol. The van der Waals surface area contributed by atoms with Crippen molar-refractivity contribution in [1.29, 1.82) is 0 Å². The summed E-state index contributed by atoms with van der Waals surface area (Å²) in [6, 6.07) is 5.45. The Balaban J connectivity index is 3.00. The van der Waals surface area contributed by atoms with Gasteiger partial charge in [0.15, 0.2) is 0 Å². The molecule has 0 radical (unpaired) electrons. The molecule has 0 spiro atoms. The molecule has 1 aromatic rings. The first kappa shape index (κ1) is 11.9. The molecule has 1 atom stereocenters. The van der Waals surface area contributed by atoms with Crippen LogP contribution in [0.4, 0.5) is 0 Å². The van der Waals surface area contributed by atoms with E-state index in [2.05, 4.69) is 0 Å². The molecule has 0 aliphatic heterocycles. The van der Waals surface area contributed by atoms with Crippen molar-refractivity contribution >= 4 is 0 Å². The summed E-state index contributed by atoms with van der Waals surface area (Å²) >= 11 is 0. The van der Waals surface area contributed by atoms with Crippen molar-refractivity contribution in [1.82, 2.24) is 0 Å². The third-order valence-electron chi connectivity index (χ3n) is 2.36. The van der Waals surface area contributed by atoms with Gasteiger partial charge in [0.05, 0.1) is 20.3 Å². The topological polar surface area (TPSA) is 38.7 Å². The number of aliphatic hydroxyl groups is 1. The van der Waals surface area contributed by atoms with Gasteiger partial charge in [0.25, 0.3) is 0 Å². The Hall–Kier alpha value is -1.22. The van der Waals surface area contributed by atoms with E-state index in [1.165, 1.54) is 0 Å². The molecule has 84 valence electrons. The molecule has 0 unspecified atom stereocenters. The molecule has 0 aliphatic carbocycles. The lowest BCUT2D eigenvalue weighted by molar-refractivity contribution is 0.162. The molecule has 1 rings (SSSR count). The van der Waals surface area contributed by atoms with E-state index in [1.807, 2.05) is 25.1 Å². The van der Waals surface area contributed by atoms with E-state index < -0.39 is 6.10 Å². The largest absolute Gasteiger partial charge is 0.497 e. The van der Waals surface area contributed by atoms with Crippen LogP contribution in [0.15, 0.2) is 18.2 Å². The smallest absolute Gasteiger partial charge is 0.124 e. The van der Waals surface area contributed by atoms with E-state index in [-0.39, 0.29) is 0 Å². The van der Waals surface area contributed by atoms with Gasteiger partial charge >= 0.3 is 0 Å². The van der Waals surface area contributed by atoms with Crippen molar-refractivity contribution < 1.29 is 14.6 Å². The zero-order chi connectivity index (χ0) is 11.3. The summed E-state index contributed by atoms with van der Waals surface area (Å²) in [6.45, 7) is 2.04. The van der Waals surface area contributed by atoms with E-state index >= 15 is 0 Å². The van der Waals surface area contributed by atoms with Gasteiger partial charge in [-0.3, -0.25) is 0 Å². The summed E-state index contributed by atoms with van der Waals surface area (Å²) in [6.07, 6.45) is 1.17. The second kappa shape index (κ2) is 5.61. The highest BCUT2D eigenvalue weighted by Gasteiger charge is 2.13. The number of hydrogen-bond donors (Lipinski definition) is 1. The zero-order valence-electron chi connectivity index (χ0n) is 9.49. The van der Waals surface area contributed by atoms with Crippen LogP contribution in [0.25, 0.3) is 0 Å². The van der Waals surface area contributed by atoms with Crippen LogP contribution in [0, 0.1) is 0 Å². The average Bonchev–Trinajstić information content (AvgIpc) is 2.28. The summed E-state index contributed by atoms with van der Waals surface area (Å²) in [7, 11) is 3.21. The molecule has 0 heterocycles. The first-order valence-corrected chi connectivity index (χ1v) is 5.13. The van der Waals surface area contributed by atoms with Gasteiger partial charge in [0.1, 0.15) is 11.5 Å². The van der Waals surface area contributed by atoms with Crippen molar-refractivity contribution in [2.75, 3.05) is 14.2 Å². The number of ether oxygens (including phenoxy) is 2. The maximum Gasteiger partial charge on any atom is 0.124 e. The van der Waals surface area contributed by atoms with E-state index in [0.29, 0.717) is 5.75 Å². The maximum atomic E-state index is 9.92. The Labute approximate surface area is 90.6 Å². The van der Waals surface area contributed by atoms with Crippen molar-refractivity contribution in [3.05, 3.63) is 23.8 Å². The molecule has 0 saturated heterocycles. The summed E-state index contributed by atoms with van der Waals surface area (Å²) in [4.78, 5) is 0. The molecule has 3 heteroatoms. The molecule has 0 amide bonds. The SMILES string of the molecule is CCC[C@H](O)c1cc(OC)ccc1OC. The number of aliphatic hydroxyl groups excluding tert-OH is 1. The fourth-order valence-corrected chi connectivity index (χ4v) is 1.53. The summed E-state index contributed by atoms with van der Waals surface area (Å²) in [5.74, 6) is 1.44. The molecule has 0 aliphatic rings. The summed E-state index contributed by atoms with van der Waals surface area (Å²) in [5, 5.41) is 9.92. The lowest BCUT2D eigenvalue weighted by atomic mass is 10.0. The Morgan fingerprint density at radius 3 is 2.53 bits per heavy atom. The van der Waals surface area contributed by atoms with Crippen molar-refractivity contribution in [3.63, 3.8) is 0 Å². The molecule has 0 bridgehead atoms. The first-order chi connectivity index (χ1) is 7.22. The van der Waals surface area contributed by atoms with Crippen LogP contribution in [0.3, 0.4) is 0 Å². The van der Waals surface area contributed by atoms with Gasteiger partial charge in [-0.2, -0.15) is 0 Å². The van der Waals surface area contributed by atoms with Crippen LogP contribution < -0.4 is 9.47 Å². The zero-order valence-corrected chi connectivity index (χ0v) is 9.49. The molecule has 0 saturated carbocycles. The molecule has 1 N–H and O–H groups in total. The first-order valence-electron chi connectivity index (χ1n) is 5.13. The predicted octanol–water partition coefficient (Wildman–Crippen LogP) is 2.54. The normalized spacial score (nSPS) is 12.3. The Kier molecular flexibility index (Phi) is 4.43. The minimum Gasteiger partial charge on any atom is -0.497 e. The van der Waals surface area contributed by atoms with Crippen LogP contribution in [0.1, 0.15) is 31.4 Å². The van der Waals surface area contributed by atoms with Gasteiger partial charge in [0, 0.05) is 5.56 Å². The van der Waals surface area contributed by atoms with E-state index in [9.17, 15) is 5.11 Å². The second-order valence-corrected chi connectivity index (χ2v) is 3.41. The van der Waals surface area contributed by atoms with Gasteiger partial charge in [-0.05, 0) is 24.6 Å². The molecule has 15 heavy (non-hydrogen) atoms. The van der Waals surface area contributed by atoms with Crippen LogP contribution in [0.5, 0.6) is 11.5 Å². The van der Waals surface area contributed by atoms with Crippen LogP contribution >= 0.6 is 0 Å². The second-order valence-electron chi connectivity index (χ2n) is 3.41. The van der Waals surface area contributed by atoms with Gasteiger partial charge < -0.3 is 14.6 Å². The molecule has 3 nitrogen and oxygen atoms in total. The van der Waals surface area contributed by atoms with Crippen molar-refractivity contribution in [2.24, 2.45) is 0 Å². The monoisotopic (exact) mass is 210 g/mol. The van der Waals surface area contributed by atoms with Gasteiger partial charge in [-0.1, -0.05) is 13.3 Å². The Bertz CT molecular complexity index is 310. The Morgan fingerprint density at radius 2 is 2.00 bits per heavy atom. The minimum absolute atomic E-state index is 0.486. The van der Waals surface area contributed by atoms with E-state index in [4.69, 9.17) is 9.47 Å². The fraction of sp³-hybridized carbons (Fsp3) is 0.500. The fourth-order valence-electron chi connectivity index (χ4n) is 1.53. The highest BCUT2D eigenvalue weighted by atomic mass is 16.5. The van der Waals surface area contributed by atoms with Crippen molar-refractivity contribution in [3.8, 4) is 11.5 Å². The maximum absolute atomic E-state index is 9.92. The van der Waals surface area contributed by atoms with Gasteiger partial charge in [0.2, 0.25) is 0 Å². The lowest BCUT2D eigenvalue weighted by Crippen LogP contribution is -2.00. The standard InChI is InChI=1S/C12H18O3/c1-4-5-11(13)10-8-9(14-2)6-7-12(10)15-3/h6-8,11,13H,4-5H2,1-3H3/t11-/m0/s1. The number of benzene rings is 1.